The number of hydrogen-bond donors (Lipinski definition) is 0. The van der Waals surface area contributed by atoms with E-state index >= 15 is 0 Å². The number of rotatable bonds is 2. The third-order valence-electron chi connectivity index (χ3n) is 2.50. The van der Waals surface area contributed by atoms with E-state index in [1.54, 1.807) is 12.1 Å². The average Bonchev–Trinajstić information content (AvgIpc) is 2.05. The second-order valence-electron chi connectivity index (χ2n) is 3.73. The Morgan fingerprint density at radius 3 is 2.23 bits per heavy atom. The van der Waals surface area contributed by atoms with Crippen LogP contribution in [0.2, 0.25) is 0 Å². The summed E-state index contributed by atoms with van der Waals surface area (Å²) in [6, 6.07) is 7.27. The van der Waals surface area contributed by atoms with Crippen LogP contribution in [0.25, 0.3) is 0 Å². The smallest absolute Gasteiger partial charge is 0.872 e. The van der Waals surface area contributed by atoms with Gasteiger partial charge in [0.2, 0.25) is 0 Å². The fourth-order valence-corrected chi connectivity index (χ4v) is 1.22. The predicted octanol–water partition coefficient (Wildman–Crippen LogP) is -0.548. The van der Waals surface area contributed by atoms with Gasteiger partial charge in [0.15, 0.2) is 0 Å². The molecule has 13 heavy (non-hydrogen) atoms. The fourth-order valence-electron chi connectivity index (χ4n) is 1.22. The standard InChI is InChI=1S/C11H16O.Na/c1-4-11(2,3)9-7-5-6-8-10(9)12;/h5-8,12H,4H2,1-3H3;/q;+1/p-1. The van der Waals surface area contributed by atoms with Crippen molar-refractivity contribution in [3.8, 4) is 5.75 Å². The van der Waals surface area contributed by atoms with Crippen LogP contribution in [0.3, 0.4) is 0 Å². The number of hydrogen-bond acceptors (Lipinski definition) is 1. The van der Waals surface area contributed by atoms with Crippen molar-refractivity contribution >= 4 is 0 Å². The predicted molar refractivity (Wildman–Crippen MR) is 49.2 cm³/mol. The van der Waals surface area contributed by atoms with E-state index < -0.39 is 0 Å². The first-order chi connectivity index (χ1) is 5.58. The third-order valence-corrected chi connectivity index (χ3v) is 2.50. The maximum Gasteiger partial charge on any atom is 1.00 e. The molecule has 0 N–H and O–H groups in total. The van der Waals surface area contributed by atoms with Crippen LogP contribution in [-0.4, -0.2) is 0 Å². The summed E-state index contributed by atoms with van der Waals surface area (Å²) in [4.78, 5) is 0. The van der Waals surface area contributed by atoms with Crippen molar-refractivity contribution in [2.75, 3.05) is 0 Å². The molecule has 0 aromatic heterocycles. The third kappa shape index (κ3) is 3.01. The van der Waals surface area contributed by atoms with Gasteiger partial charge >= 0.3 is 29.6 Å². The summed E-state index contributed by atoms with van der Waals surface area (Å²) in [7, 11) is 0. The minimum atomic E-state index is 0. The summed E-state index contributed by atoms with van der Waals surface area (Å²) in [6.07, 6.45) is 0.992. The van der Waals surface area contributed by atoms with Crippen LogP contribution in [0.5, 0.6) is 5.75 Å². The largest absolute Gasteiger partial charge is 1.00 e. The summed E-state index contributed by atoms with van der Waals surface area (Å²) in [6.45, 7) is 6.31. The molecule has 1 aromatic carbocycles. The van der Waals surface area contributed by atoms with E-state index in [0.29, 0.717) is 0 Å². The van der Waals surface area contributed by atoms with E-state index in [4.69, 9.17) is 0 Å². The Labute approximate surface area is 102 Å². The maximum atomic E-state index is 11.4. The molecular formula is C11H15NaO. The van der Waals surface area contributed by atoms with Gasteiger partial charge in [-0.25, -0.2) is 0 Å². The van der Waals surface area contributed by atoms with Crippen LogP contribution in [-0.2, 0) is 5.41 Å². The van der Waals surface area contributed by atoms with Crippen molar-refractivity contribution in [2.24, 2.45) is 0 Å². The van der Waals surface area contributed by atoms with Gasteiger partial charge in [0.25, 0.3) is 0 Å². The Hall–Kier alpha value is 0.0200. The van der Waals surface area contributed by atoms with Crippen molar-refractivity contribution in [1.82, 2.24) is 0 Å². The van der Waals surface area contributed by atoms with Crippen LogP contribution in [0.15, 0.2) is 24.3 Å². The topological polar surface area (TPSA) is 23.1 Å². The van der Waals surface area contributed by atoms with E-state index in [2.05, 4.69) is 20.8 Å². The van der Waals surface area contributed by atoms with E-state index in [9.17, 15) is 5.11 Å². The minimum Gasteiger partial charge on any atom is -0.872 e. The molecule has 0 saturated carbocycles. The molecule has 0 unspecified atom stereocenters. The van der Waals surface area contributed by atoms with Crippen molar-refractivity contribution in [3.63, 3.8) is 0 Å². The van der Waals surface area contributed by atoms with E-state index in [0.717, 1.165) is 12.0 Å². The molecule has 66 valence electrons. The first-order valence-electron chi connectivity index (χ1n) is 4.34. The zero-order valence-electron chi connectivity index (χ0n) is 8.92. The number of para-hydroxylation sites is 1. The second-order valence-corrected chi connectivity index (χ2v) is 3.73. The Bertz CT molecular complexity index is 269. The fraction of sp³-hybridized carbons (Fsp3) is 0.455. The molecular weight excluding hydrogens is 171 g/mol. The van der Waals surface area contributed by atoms with Crippen molar-refractivity contribution in [1.29, 1.82) is 0 Å². The molecule has 0 heterocycles. The zero-order valence-corrected chi connectivity index (χ0v) is 10.9. The van der Waals surface area contributed by atoms with Gasteiger partial charge in [0, 0.05) is 0 Å². The molecule has 0 fully saturated rings. The second kappa shape index (κ2) is 5.04. The molecule has 1 rings (SSSR count). The van der Waals surface area contributed by atoms with Gasteiger partial charge in [-0.05, 0) is 11.8 Å². The van der Waals surface area contributed by atoms with Crippen LogP contribution in [0.1, 0.15) is 32.8 Å². The van der Waals surface area contributed by atoms with Crippen LogP contribution >= 0.6 is 0 Å². The summed E-state index contributed by atoms with van der Waals surface area (Å²) in [5.74, 6) is 0.157. The summed E-state index contributed by atoms with van der Waals surface area (Å²) < 4.78 is 0. The number of benzene rings is 1. The quantitative estimate of drug-likeness (QED) is 0.568. The molecule has 1 aromatic rings. The molecule has 0 radical (unpaired) electrons. The van der Waals surface area contributed by atoms with Crippen LogP contribution in [0, 0.1) is 0 Å². The van der Waals surface area contributed by atoms with Crippen molar-refractivity contribution < 1.29 is 34.7 Å². The zero-order chi connectivity index (χ0) is 9.19. The molecule has 0 bridgehead atoms. The molecule has 0 aliphatic heterocycles. The molecule has 0 saturated heterocycles. The molecule has 1 nitrogen and oxygen atoms in total. The first kappa shape index (κ1) is 13.0. The molecule has 0 aliphatic carbocycles. The molecule has 0 atom stereocenters. The Morgan fingerprint density at radius 1 is 1.23 bits per heavy atom. The normalized spacial score (nSPS) is 10.7. The maximum absolute atomic E-state index is 11.4. The van der Waals surface area contributed by atoms with Gasteiger partial charge < -0.3 is 5.11 Å². The van der Waals surface area contributed by atoms with Gasteiger partial charge in [0.1, 0.15) is 0 Å². The SMILES string of the molecule is CCC(C)(C)c1ccccc1[O-].[Na+]. The molecule has 2 heteroatoms. The van der Waals surface area contributed by atoms with Gasteiger partial charge in [-0.15, -0.1) is 5.75 Å². The summed E-state index contributed by atoms with van der Waals surface area (Å²) in [5.41, 5.74) is 0.936. The Morgan fingerprint density at radius 2 is 1.77 bits per heavy atom. The molecule has 0 amide bonds. The monoisotopic (exact) mass is 186 g/mol. The van der Waals surface area contributed by atoms with Gasteiger partial charge in [0.05, 0.1) is 0 Å². The Kier molecular flexibility index (Phi) is 5.05. The van der Waals surface area contributed by atoms with E-state index in [1.807, 2.05) is 12.1 Å². The van der Waals surface area contributed by atoms with Crippen molar-refractivity contribution in [2.45, 2.75) is 32.6 Å². The summed E-state index contributed by atoms with van der Waals surface area (Å²) in [5, 5.41) is 11.4. The van der Waals surface area contributed by atoms with E-state index in [-0.39, 0.29) is 40.7 Å². The van der Waals surface area contributed by atoms with Crippen LogP contribution < -0.4 is 34.7 Å². The first-order valence-corrected chi connectivity index (χ1v) is 4.34. The van der Waals surface area contributed by atoms with Crippen molar-refractivity contribution in [3.05, 3.63) is 29.8 Å². The van der Waals surface area contributed by atoms with E-state index in [1.165, 1.54) is 0 Å². The molecule has 0 aliphatic rings. The average molecular weight is 186 g/mol. The molecule has 0 spiro atoms. The van der Waals surface area contributed by atoms with Gasteiger partial charge in [-0.2, -0.15) is 0 Å². The Balaban J connectivity index is 0.00000144. The van der Waals surface area contributed by atoms with Gasteiger partial charge in [-0.3, -0.25) is 0 Å². The van der Waals surface area contributed by atoms with Gasteiger partial charge in [-0.1, -0.05) is 50.6 Å². The van der Waals surface area contributed by atoms with Crippen LogP contribution in [0.4, 0.5) is 0 Å². The summed E-state index contributed by atoms with van der Waals surface area (Å²) >= 11 is 0. The minimum absolute atomic E-state index is 0.